The summed E-state index contributed by atoms with van der Waals surface area (Å²) in [5, 5.41) is 0.735. The van der Waals surface area contributed by atoms with Crippen LogP contribution in [0.1, 0.15) is 35.7 Å². The van der Waals surface area contributed by atoms with Crippen LogP contribution in [0.3, 0.4) is 0 Å². The van der Waals surface area contributed by atoms with Gasteiger partial charge in [-0.05, 0) is 36.4 Å². The zero-order valence-corrected chi connectivity index (χ0v) is 17.8. The second kappa shape index (κ2) is 8.53. The molecule has 0 radical (unpaired) electrons. The molecular formula is C22H24N2O2S2. The highest BCUT2D eigenvalue weighted by Crippen LogP contribution is 2.31. The van der Waals surface area contributed by atoms with E-state index in [0.717, 1.165) is 57.6 Å². The molecule has 1 fully saturated rings. The van der Waals surface area contributed by atoms with Crippen LogP contribution >= 0.6 is 23.1 Å². The number of hydrogen-bond donors (Lipinski definition) is 0. The number of carbonyl (C=O) groups excluding carboxylic acids is 1. The van der Waals surface area contributed by atoms with Gasteiger partial charge in [-0.25, -0.2) is 4.98 Å². The highest BCUT2D eigenvalue weighted by atomic mass is 32.2. The van der Waals surface area contributed by atoms with Gasteiger partial charge in [-0.2, -0.15) is 0 Å². The van der Waals surface area contributed by atoms with Crippen molar-refractivity contribution in [2.75, 3.05) is 18.8 Å². The molecule has 2 aromatic carbocycles. The number of amides is 1. The number of nitrogens with zero attached hydrogens (tertiary/aromatic N) is 2. The number of thioether (sulfide) groups is 1. The Bertz CT molecular complexity index is 978. The summed E-state index contributed by atoms with van der Waals surface area (Å²) in [6.07, 6.45) is 1.79. The number of benzene rings is 2. The van der Waals surface area contributed by atoms with Gasteiger partial charge in [0.25, 0.3) is 11.1 Å². The molecule has 4 rings (SSSR count). The third kappa shape index (κ3) is 4.03. The standard InChI is InChI=1S/C22H24N2O2S2/c1-3-27-18-9-5-4-8-17(18)21(25)24-13-11-16(12-14-24)26-22-23-20-15(2)7-6-10-19(20)28-22/h4-10,16H,3,11-14H2,1-2H3. The average Bonchev–Trinajstić information content (AvgIpc) is 3.13. The van der Waals surface area contributed by atoms with E-state index in [2.05, 4.69) is 37.0 Å². The third-order valence-corrected chi connectivity index (χ3v) is 6.88. The number of thiazole rings is 1. The van der Waals surface area contributed by atoms with Gasteiger partial charge in [0.15, 0.2) is 0 Å². The van der Waals surface area contributed by atoms with Gasteiger partial charge in [-0.1, -0.05) is 42.5 Å². The summed E-state index contributed by atoms with van der Waals surface area (Å²) < 4.78 is 7.32. The van der Waals surface area contributed by atoms with Crippen LogP contribution < -0.4 is 4.74 Å². The smallest absolute Gasteiger partial charge is 0.274 e. The fourth-order valence-electron chi connectivity index (χ4n) is 3.53. The summed E-state index contributed by atoms with van der Waals surface area (Å²) in [5.41, 5.74) is 3.02. The van der Waals surface area contributed by atoms with Crippen molar-refractivity contribution in [2.45, 2.75) is 37.7 Å². The topological polar surface area (TPSA) is 42.4 Å². The van der Waals surface area contributed by atoms with Crippen LogP contribution in [-0.2, 0) is 0 Å². The molecule has 0 aliphatic carbocycles. The fraction of sp³-hybridized carbons (Fsp3) is 0.364. The molecule has 1 aliphatic rings. The molecule has 28 heavy (non-hydrogen) atoms. The molecule has 1 aliphatic heterocycles. The SMILES string of the molecule is CCSc1ccccc1C(=O)N1CCC(Oc2nc3c(C)cccc3s2)CC1. The second-order valence-corrected chi connectivity index (χ2v) is 9.24. The number of ether oxygens (including phenoxy) is 1. The maximum atomic E-state index is 13.0. The quantitative estimate of drug-likeness (QED) is 0.526. The maximum Gasteiger partial charge on any atom is 0.274 e. The number of rotatable bonds is 5. The largest absolute Gasteiger partial charge is 0.467 e. The van der Waals surface area contributed by atoms with Crippen molar-refractivity contribution in [1.82, 2.24) is 9.88 Å². The minimum absolute atomic E-state index is 0.116. The predicted molar refractivity (Wildman–Crippen MR) is 117 cm³/mol. The Hall–Kier alpha value is -2.05. The molecule has 1 saturated heterocycles. The van der Waals surface area contributed by atoms with Gasteiger partial charge >= 0.3 is 0 Å². The van der Waals surface area contributed by atoms with E-state index < -0.39 is 0 Å². The van der Waals surface area contributed by atoms with Crippen molar-refractivity contribution in [3.63, 3.8) is 0 Å². The molecule has 4 nitrogen and oxygen atoms in total. The van der Waals surface area contributed by atoms with Crippen molar-refractivity contribution in [1.29, 1.82) is 0 Å². The minimum atomic E-state index is 0.116. The molecule has 0 saturated carbocycles. The van der Waals surface area contributed by atoms with Gasteiger partial charge in [0, 0.05) is 30.8 Å². The molecule has 1 aromatic heterocycles. The van der Waals surface area contributed by atoms with Crippen LogP contribution in [0.5, 0.6) is 5.19 Å². The molecule has 3 aromatic rings. The first kappa shape index (κ1) is 19.3. The van der Waals surface area contributed by atoms with Crippen LogP contribution in [-0.4, -0.2) is 40.7 Å². The Labute approximate surface area is 173 Å². The summed E-state index contributed by atoms with van der Waals surface area (Å²) >= 11 is 3.32. The summed E-state index contributed by atoms with van der Waals surface area (Å²) in [6, 6.07) is 14.1. The summed E-state index contributed by atoms with van der Waals surface area (Å²) in [4.78, 5) is 20.7. The lowest BCUT2D eigenvalue weighted by molar-refractivity contribution is 0.0592. The Kier molecular flexibility index (Phi) is 5.87. The monoisotopic (exact) mass is 412 g/mol. The van der Waals surface area contributed by atoms with Crippen LogP contribution in [0.4, 0.5) is 0 Å². The van der Waals surface area contributed by atoms with Crippen LogP contribution in [0.25, 0.3) is 10.2 Å². The van der Waals surface area contributed by atoms with E-state index in [1.807, 2.05) is 29.2 Å². The van der Waals surface area contributed by atoms with Crippen LogP contribution in [0, 0.1) is 6.92 Å². The Morgan fingerprint density at radius 1 is 1.21 bits per heavy atom. The zero-order chi connectivity index (χ0) is 19.5. The minimum Gasteiger partial charge on any atom is -0.467 e. The van der Waals surface area contributed by atoms with Gasteiger partial charge in [-0.15, -0.1) is 11.8 Å². The predicted octanol–water partition coefficient (Wildman–Crippen LogP) is 5.40. The van der Waals surface area contributed by atoms with Gasteiger partial charge in [0.2, 0.25) is 0 Å². The van der Waals surface area contributed by atoms with E-state index in [1.54, 1.807) is 23.1 Å². The number of para-hydroxylation sites is 1. The first-order valence-electron chi connectivity index (χ1n) is 9.69. The van der Waals surface area contributed by atoms with E-state index in [4.69, 9.17) is 4.74 Å². The van der Waals surface area contributed by atoms with E-state index >= 15 is 0 Å². The number of aryl methyl sites for hydroxylation is 1. The average molecular weight is 413 g/mol. The maximum absolute atomic E-state index is 13.0. The highest BCUT2D eigenvalue weighted by molar-refractivity contribution is 7.99. The number of piperidine rings is 1. The zero-order valence-electron chi connectivity index (χ0n) is 16.2. The third-order valence-electron chi connectivity index (χ3n) is 5.02. The van der Waals surface area contributed by atoms with E-state index in [9.17, 15) is 4.79 Å². The first-order valence-corrected chi connectivity index (χ1v) is 11.5. The lowest BCUT2D eigenvalue weighted by Gasteiger charge is -2.32. The number of likely N-dealkylation sites (tertiary alicyclic amines) is 1. The lowest BCUT2D eigenvalue weighted by Crippen LogP contribution is -2.41. The number of aromatic nitrogens is 1. The van der Waals surface area contributed by atoms with E-state index in [1.165, 1.54) is 5.56 Å². The Morgan fingerprint density at radius 2 is 2.00 bits per heavy atom. The molecule has 0 N–H and O–H groups in total. The van der Waals surface area contributed by atoms with Crippen molar-refractivity contribution in [3.8, 4) is 5.19 Å². The highest BCUT2D eigenvalue weighted by Gasteiger charge is 2.26. The molecular weight excluding hydrogens is 388 g/mol. The van der Waals surface area contributed by atoms with Gasteiger partial charge in [-0.3, -0.25) is 4.79 Å². The van der Waals surface area contributed by atoms with E-state index in [-0.39, 0.29) is 12.0 Å². The van der Waals surface area contributed by atoms with Crippen molar-refractivity contribution in [2.24, 2.45) is 0 Å². The molecule has 0 unspecified atom stereocenters. The van der Waals surface area contributed by atoms with Crippen LogP contribution in [0.15, 0.2) is 47.4 Å². The molecule has 0 bridgehead atoms. The Balaban J connectivity index is 1.39. The summed E-state index contributed by atoms with van der Waals surface area (Å²) in [5.74, 6) is 1.09. The Morgan fingerprint density at radius 3 is 2.75 bits per heavy atom. The van der Waals surface area contributed by atoms with E-state index in [0.29, 0.717) is 0 Å². The molecule has 2 heterocycles. The molecule has 1 amide bonds. The normalized spacial score (nSPS) is 15.1. The molecule has 0 atom stereocenters. The second-order valence-electron chi connectivity index (χ2n) is 6.94. The number of hydrogen-bond acceptors (Lipinski definition) is 5. The van der Waals surface area contributed by atoms with Gasteiger partial charge in [0.05, 0.1) is 15.8 Å². The number of fused-ring (bicyclic) bond motifs is 1. The molecule has 0 spiro atoms. The first-order chi connectivity index (χ1) is 13.7. The van der Waals surface area contributed by atoms with Crippen molar-refractivity contribution in [3.05, 3.63) is 53.6 Å². The molecule has 6 heteroatoms. The van der Waals surface area contributed by atoms with Crippen molar-refractivity contribution < 1.29 is 9.53 Å². The lowest BCUT2D eigenvalue weighted by atomic mass is 10.1. The van der Waals surface area contributed by atoms with Gasteiger partial charge < -0.3 is 9.64 Å². The van der Waals surface area contributed by atoms with Gasteiger partial charge in [0.1, 0.15) is 6.10 Å². The van der Waals surface area contributed by atoms with Crippen LogP contribution in [0.2, 0.25) is 0 Å². The number of carbonyl (C=O) groups is 1. The summed E-state index contributed by atoms with van der Waals surface area (Å²) in [7, 11) is 0. The van der Waals surface area contributed by atoms with Crippen molar-refractivity contribution >= 4 is 39.2 Å². The summed E-state index contributed by atoms with van der Waals surface area (Å²) in [6.45, 7) is 5.62. The molecule has 146 valence electrons. The fourth-order valence-corrected chi connectivity index (χ4v) is 5.29.